The molecule has 1 amide bonds. The Morgan fingerprint density at radius 1 is 1.16 bits per heavy atom. The molecule has 7 nitrogen and oxygen atoms in total. The number of benzene rings is 1. The molecule has 1 saturated heterocycles. The number of rotatable bonds is 4. The van der Waals surface area contributed by atoms with Crippen LogP contribution in [0.1, 0.15) is 42.6 Å². The van der Waals surface area contributed by atoms with Gasteiger partial charge < -0.3 is 9.42 Å². The second kappa shape index (κ2) is 5.54. The molecule has 2 aromatic heterocycles. The zero-order valence-corrected chi connectivity index (χ0v) is 13.6. The van der Waals surface area contributed by atoms with Crippen LogP contribution in [-0.2, 0) is 4.79 Å². The van der Waals surface area contributed by atoms with Crippen LogP contribution >= 0.6 is 0 Å². The summed E-state index contributed by atoms with van der Waals surface area (Å²) in [5.41, 5.74) is 2.70. The van der Waals surface area contributed by atoms with Crippen molar-refractivity contribution < 1.29 is 9.32 Å². The second-order valence-corrected chi connectivity index (χ2v) is 6.68. The summed E-state index contributed by atoms with van der Waals surface area (Å²) in [7, 11) is 0. The van der Waals surface area contributed by atoms with E-state index in [1.165, 1.54) is 12.8 Å². The Kier molecular flexibility index (Phi) is 3.19. The van der Waals surface area contributed by atoms with E-state index in [4.69, 9.17) is 4.52 Å². The van der Waals surface area contributed by atoms with Crippen LogP contribution in [0, 0.1) is 0 Å². The number of carbonyl (C=O) groups excluding carboxylic acids is 1. The average molecular weight is 335 g/mol. The van der Waals surface area contributed by atoms with Crippen molar-refractivity contribution >= 4 is 11.6 Å². The number of hydrogen-bond acceptors (Lipinski definition) is 5. The number of para-hydroxylation sites is 1. The molecule has 2 fully saturated rings. The van der Waals surface area contributed by atoms with E-state index in [2.05, 4.69) is 20.3 Å². The Labute approximate surface area is 144 Å². The minimum atomic E-state index is -0.0629. The van der Waals surface area contributed by atoms with Crippen LogP contribution in [-0.4, -0.2) is 32.8 Å². The highest BCUT2D eigenvalue weighted by Gasteiger charge is 2.35. The Bertz CT molecular complexity index is 912. The number of amides is 1. The molecule has 5 rings (SSSR count). The molecule has 0 spiro atoms. The fourth-order valence-electron chi connectivity index (χ4n) is 3.29. The summed E-state index contributed by atoms with van der Waals surface area (Å²) in [6.45, 7) is 0.565. The third kappa shape index (κ3) is 2.61. The first-order chi connectivity index (χ1) is 12.3. The van der Waals surface area contributed by atoms with Gasteiger partial charge in [0.1, 0.15) is 0 Å². The Hall–Kier alpha value is -2.96. The molecule has 3 heterocycles. The predicted molar refractivity (Wildman–Crippen MR) is 90.0 cm³/mol. The molecular formula is C18H17N5O2. The summed E-state index contributed by atoms with van der Waals surface area (Å²) >= 11 is 0. The van der Waals surface area contributed by atoms with Crippen LogP contribution in [0.3, 0.4) is 0 Å². The smallest absolute Gasteiger partial charge is 0.278 e. The van der Waals surface area contributed by atoms with Gasteiger partial charge in [-0.05, 0) is 31.0 Å². The zero-order chi connectivity index (χ0) is 16.8. The van der Waals surface area contributed by atoms with E-state index in [0.717, 1.165) is 11.4 Å². The average Bonchev–Trinajstić information content (AvgIpc) is 3.04. The molecular weight excluding hydrogens is 318 g/mol. The lowest BCUT2D eigenvalue weighted by molar-refractivity contribution is -0.117. The zero-order valence-electron chi connectivity index (χ0n) is 13.6. The van der Waals surface area contributed by atoms with Crippen LogP contribution < -0.4 is 4.90 Å². The van der Waals surface area contributed by atoms with Gasteiger partial charge in [-0.3, -0.25) is 9.89 Å². The Balaban J connectivity index is 1.36. The number of hydrogen-bond donors (Lipinski definition) is 1. The van der Waals surface area contributed by atoms with Gasteiger partial charge in [0.05, 0.1) is 0 Å². The van der Waals surface area contributed by atoms with Crippen molar-refractivity contribution in [1.29, 1.82) is 0 Å². The van der Waals surface area contributed by atoms with Crippen molar-refractivity contribution in [1.82, 2.24) is 20.3 Å². The van der Waals surface area contributed by atoms with Crippen LogP contribution in [0.15, 0.2) is 40.9 Å². The van der Waals surface area contributed by atoms with E-state index in [9.17, 15) is 4.79 Å². The molecule has 0 radical (unpaired) electrons. The minimum absolute atomic E-state index is 0.0629. The molecule has 1 aliphatic carbocycles. The maximum absolute atomic E-state index is 12.3. The summed E-state index contributed by atoms with van der Waals surface area (Å²) in [5, 5.41) is 11.4. The van der Waals surface area contributed by atoms with Gasteiger partial charge in [-0.1, -0.05) is 23.4 Å². The molecule has 0 bridgehead atoms. The van der Waals surface area contributed by atoms with Gasteiger partial charge in [-0.15, -0.1) is 0 Å². The first kappa shape index (κ1) is 14.4. The molecule has 25 heavy (non-hydrogen) atoms. The van der Waals surface area contributed by atoms with E-state index in [-0.39, 0.29) is 11.8 Å². The standard InChI is InChI=1S/C18H17N5O2/c24-16-8-12(10-23(16)13-4-2-1-3-5-13)17-19-18(25-22-17)15-9-14(20-21-15)11-6-7-11/h1-5,9,11-12H,6-8,10H2,(H,20,21)/t12-/m0/s1. The first-order valence-electron chi connectivity index (χ1n) is 8.52. The van der Waals surface area contributed by atoms with Crippen LogP contribution in [0.4, 0.5) is 5.69 Å². The van der Waals surface area contributed by atoms with Crippen molar-refractivity contribution in [3.05, 3.63) is 47.9 Å². The molecule has 1 aliphatic heterocycles. The molecule has 0 unspecified atom stereocenters. The molecule has 1 N–H and O–H groups in total. The molecule has 126 valence electrons. The molecule has 2 aliphatic rings. The maximum atomic E-state index is 12.3. The van der Waals surface area contributed by atoms with E-state index in [0.29, 0.717) is 36.3 Å². The number of anilines is 1. The quantitative estimate of drug-likeness (QED) is 0.792. The molecule has 1 aromatic carbocycles. The van der Waals surface area contributed by atoms with Gasteiger partial charge in [0, 0.05) is 36.2 Å². The lowest BCUT2D eigenvalue weighted by Gasteiger charge is -2.15. The summed E-state index contributed by atoms with van der Waals surface area (Å²) in [6, 6.07) is 11.6. The van der Waals surface area contributed by atoms with E-state index >= 15 is 0 Å². The fraction of sp³-hybridized carbons (Fsp3) is 0.333. The van der Waals surface area contributed by atoms with Crippen molar-refractivity contribution in [3.63, 3.8) is 0 Å². The second-order valence-electron chi connectivity index (χ2n) is 6.68. The molecule has 1 saturated carbocycles. The fourth-order valence-corrected chi connectivity index (χ4v) is 3.29. The maximum Gasteiger partial charge on any atom is 0.278 e. The molecule has 7 heteroatoms. The van der Waals surface area contributed by atoms with Gasteiger partial charge in [0.15, 0.2) is 11.5 Å². The predicted octanol–water partition coefficient (Wildman–Crippen LogP) is 2.86. The van der Waals surface area contributed by atoms with Crippen LogP contribution in [0.25, 0.3) is 11.6 Å². The monoisotopic (exact) mass is 335 g/mol. The van der Waals surface area contributed by atoms with Gasteiger partial charge in [-0.2, -0.15) is 10.1 Å². The minimum Gasteiger partial charge on any atom is -0.332 e. The SMILES string of the molecule is O=C1C[C@H](c2noc(-c3cc(C4CC4)[nH]n3)n2)CN1c1ccccc1. The highest BCUT2D eigenvalue weighted by molar-refractivity contribution is 5.96. The van der Waals surface area contributed by atoms with Crippen molar-refractivity contribution in [2.24, 2.45) is 0 Å². The van der Waals surface area contributed by atoms with Crippen molar-refractivity contribution in [2.75, 3.05) is 11.4 Å². The number of H-pyrrole nitrogens is 1. The number of nitrogens with one attached hydrogen (secondary N) is 1. The summed E-state index contributed by atoms with van der Waals surface area (Å²) < 4.78 is 5.38. The third-order valence-corrected chi connectivity index (χ3v) is 4.83. The lowest BCUT2D eigenvalue weighted by Crippen LogP contribution is -2.24. The van der Waals surface area contributed by atoms with E-state index < -0.39 is 0 Å². The van der Waals surface area contributed by atoms with Crippen molar-refractivity contribution in [3.8, 4) is 11.6 Å². The third-order valence-electron chi connectivity index (χ3n) is 4.83. The van der Waals surface area contributed by atoms with Gasteiger partial charge in [0.25, 0.3) is 5.89 Å². The van der Waals surface area contributed by atoms with Gasteiger partial charge in [-0.25, -0.2) is 0 Å². The van der Waals surface area contributed by atoms with Gasteiger partial charge in [0.2, 0.25) is 5.91 Å². The summed E-state index contributed by atoms with van der Waals surface area (Å²) in [4.78, 5) is 18.6. The largest absolute Gasteiger partial charge is 0.332 e. The van der Waals surface area contributed by atoms with Crippen LogP contribution in [0.2, 0.25) is 0 Å². The van der Waals surface area contributed by atoms with Crippen molar-refractivity contribution in [2.45, 2.75) is 31.1 Å². The number of aromatic nitrogens is 4. The highest BCUT2D eigenvalue weighted by Crippen LogP contribution is 2.40. The topological polar surface area (TPSA) is 87.9 Å². The number of aromatic amines is 1. The first-order valence-corrected chi connectivity index (χ1v) is 8.52. The van der Waals surface area contributed by atoms with E-state index in [1.807, 2.05) is 36.4 Å². The summed E-state index contributed by atoms with van der Waals surface area (Å²) in [5.74, 6) is 1.59. The van der Waals surface area contributed by atoms with Gasteiger partial charge >= 0.3 is 0 Å². The number of nitrogens with zero attached hydrogens (tertiary/aromatic N) is 4. The summed E-state index contributed by atoms with van der Waals surface area (Å²) in [6.07, 6.45) is 2.80. The molecule has 3 aromatic rings. The Morgan fingerprint density at radius 3 is 2.80 bits per heavy atom. The normalized spacial score (nSPS) is 20.4. The number of carbonyl (C=O) groups is 1. The molecule has 1 atom stereocenters. The van der Waals surface area contributed by atoms with E-state index in [1.54, 1.807) is 4.90 Å². The Morgan fingerprint density at radius 2 is 2.00 bits per heavy atom. The van der Waals surface area contributed by atoms with Crippen LogP contribution in [0.5, 0.6) is 0 Å². The highest BCUT2D eigenvalue weighted by atomic mass is 16.5. The lowest BCUT2D eigenvalue weighted by atomic mass is 10.1.